The molecular formula is C21H25N5O3S. The van der Waals surface area contributed by atoms with Crippen LogP contribution >= 0.6 is 11.8 Å². The third kappa shape index (κ3) is 3.07. The van der Waals surface area contributed by atoms with Crippen molar-refractivity contribution in [3.63, 3.8) is 0 Å². The lowest BCUT2D eigenvalue weighted by molar-refractivity contribution is -0.384. The van der Waals surface area contributed by atoms with Crippen LogP contribution in [-0.2, 0) is 10.2 Å². The normalized spacial score (nSPS) is 24.4. The van der Waals surface area contributed by atoms with E-state index in [0.29, 0.717) is 16.8 Å². The second-order valence-electron chi connectivity index (χ2n) is 8.98. The van der Waals surface area contributed by atoms with E-state index in [1.165, 1.54) is 23.9 Å². The summed E-state index contributed by atoms with van der Waals surface area (Å²) in [7, 11) is 0. The van der Waals surface area contributed by atoms with Gasteiger partial charge in [0, 0.05) is 23.5 Å². The van der Waals surface area contributed by atoms with E-state index in [0.717, 1.165) is 29.8 Å². The van der Waals surface area contributed by atoms with Gasteiger partial charge in [0.15, 0.2) is 0 Å². The van der Waals surface area contributed by atoms with Crippen molar-refractivity contribution in [1.82, 2.24) is 15.2 Å². The zero-order valence-electron chi connectivity index (χ0n) is 17.7. The fourth-order valence-corrected chi connectivity index (χ4v) is 5.43. The van der Waals surface area contributed by atoms with E-state index in [-0.39, 0.29) is 22.4 Å². The molecule has 0 radical (unpaired) electrons. The van der Waals surface area contributed by atoms with Gasteiger partial charge < -0.3 is 5.32 Å². The summed E-state index contributed by atoms with van der Waals surface area (Å²) in [4.78, 5) is 28.0. The molecule has 2 aromatic rings. The van der Waals surface area contributed by atoms with Crippen LogP contribution < -0.4 is 5.32 Å². The third-order valence-corrected chi connectivity index (χ3v) is 8.06. The molecule has 1 amide bonds. The second kappa shape index (κ2) is 7.01. The molecule has 1 aromatic carbocycles. The first kappa shape index (κ1) is 20.7. The molecule has 0 spiro atoms. The fourth-order valence-electron chi connectivity index (χ4n) is 4.72. The molecular weight excluding hydrogens is 402 g/mol. The molecule has 30 heavy (non-hydrogen) atoms. The smallest absolute Gasteiger partial charge is 0.271 e. The highest BCUT2D eigenvalue weighted by molar-refractivity contribution is 8.00. The summed E-state index contributed by atoms with van der Waals surface area (Å²) in [5, 5.41) is 22.6. The number of hydrogen-bond acceptors (Lipinski definition) is 7. The Hall–Kier alpha value is -2.55. The Morgan fingerprint density at radius 1 is 1.33 bits per heavy atom. The topological polar surface area (TPSA) is 111 Å². The molecule has 0 saturated heterocycles. The van der Waals surface area contributed by atoms with E-state index < -0.39 is 10.2 Å². The highest BCUT2D eigenvalue weighted by Crippen LogP contribution is 2.66. The Morgan fingerprint density at radius 2 is 2.07 bits per heavy atom. The van der Waals surface area contributed by atoms with E-state index >= 15 is 0 Å². The third-order valence-electron chi connectivity index (χ3n) is 7.11. The zero-order chi connectivity index (χ0) is 21.8. The highest BCUT2D eigenvalue weighted by atomic mass is 32.2. The number of anilines is 1. The number of carbonyl (C=O) groups excluding carboxylic acids is 1. The summed E-state index contributed by atoms with van der Waals surface area (Å²) in [6.07, 6.45) is 2.20. The maximum Gasteiger partial charge on any atom is 0.271 e. The molecule has 0 aliphatic heterocycles. The Bertz CT molecular complexity index is 1060. The first-order chi connectivity index (χ1) is 14.0. The number of fused-ring (bicyclic) bond motifs is 5. The van der Waals surface area contributed by atoms with Crippen molar-refractivity contribution in [3.8, 4) is 0 Å². The average Bonchev–Trinajstić information content (AvgIpc) is 3.01. The van der Waals surface area contributed by atoms with Crippen molar-refractivity contribution >= 4 is 29.0 Å². The molecule has 1 N–H and O–H groups in total. The number of amides is 1. The molecule has 2 bridgehead atoms. The van der Waals surface area contributed by atoms with Gasteiger partial charge >= 0.3 is 0 Å². The predicted octanol–water partition coefficient (Wildman–Crippen LogP) is 4.38. The zero-order valence-corrected chi connectivity index (χ0v) is 18.5. The number of thioether (sulfide) groups is 1. The van der Waals surface area contributed by atoms with Crippen molar-refractivity contribution < 1.29 is 9.72 Å². The summed E-state index contributed by atoms with van der Waals surface area (Å²) in [5.74, 6) is 0.120. The van der Waals surface area contributed by atoms with Gasteiger partial charge in [0.05, 0.1) is 27.2 Å². The molecule has 1 saturated carbocycles. The van der Waals surface area contributed by atoms with Crippen LogP contribution in [0.2, 0.25) is 0 Å². The summed E-state index contributed by atoms with van der Waals surface area (Å²) in [6.45, 7) is 10.4. The minimum Gasteiger partial charge on any atom is -0.325 e. The number of carbonyl (C=O) groups is 1. The van der Waals surface area contributed by atoms with Crippen LogP contribution in [0.3, 0.4) is 0 Å². The van der Waals surface area contributed by atoms with Gasteiger partial charge in [0.1, 0.15) is 0 Å². The van der Waals surface area contributed by atoms with Crippen molar-refractivity contribution in [2.24, 2.45) is 5.41 Å². The average molecular weight is 428 g/mol. The molecule has 8 nitrogen and oxygen atoms in total. The lowest BCUT2D eigenvalue weighted by atomic mass is 9.70. The second-order valence-corrected chi connectivity index (χ2v) is 10.3. The number of nitro benzene ring substituents is 1. The maximum atomic E-state index is 12.7. The van der Waals surface area contributed by atoms with Gasteiger partial charge in [-0.25, -0.2) is 4.98 Å². The van der Waals surface area contributed by atoms with Crippen molar-refractivity contribution in [2.75, 3.05) is 5.32 Å². The van der Waals surface area contributed by atoms with Crippen LogP contribution in [0.25, 0.3) is 0 Å². The number of aromatic nitrogens is 3. The molecule has 2 aliphatic carbocycles. The maximum absolute atomic E-state index is 12.7. The number of hydrogen-bond donors (Lipinski definition) is 1. The quantitative estimate of drug-likeness (QED) is 0.428. The lowest BCUT2D eigenvalue weighted by Crippen LogP contribution is -2.32. The Labute approximate surface area is 179 Å². The predicted molar refractivity (Wildman–Crippen MR) is 115 cm³/mol. The first-order valence-corrected chi connectivity index (χ1v) is 10.9. The lowest BCUT2D eigenvalue weighted by Gasteiger charge is -2.34. The molecule has 4 rings (SSSR count). The van der Waals surface area contributed by atoms with Crippen LogP contribution in [0.5, 0.6) is 0 Å². The SMILES string of the molecule is Cc1ccc([N+](=O)[O-])cc1NC(=O)[C@H](C)Sc1nnc2c(n1)[C@]1(C)CC[C@H]2C1(C)C. The van der Waals surface area contributed by atoms with Crippen LogP contribution in [0.15, 0.2) is 23.4 Å². The van der Waals surface area contributed by atoms with Gasteiger partial charge in [-0.3, -0.25) is 14.9 Å². The highest BCUT2D eigenvalue weighted by Gasteiger charge is 2.61. The van der Waals surface area contributed by atoms with Gasteiger partial charge in [-0.1, -0.05) is 38.6 Å². The van der Waals surface area contributed by atoms with Gasteiger partial charge in [-0.2, -0.15) is 5.10 Å². The molecule has 3 atom stereocenters. The monoisotopic (exact) mass is 427 g/mol. The van der Waals surface area contributed by atoms with Crippen molar-refractivity contribution in [1.29, 1.82) is 0 Å². The van der Waals surface area contributed by atoms with Gasteiger partial charge in [0.25, 0.3) is 5.69 Å². The van der Waals surface area contributed by atoms with Crippen LogP contribution in [0, 0.1) is 22.5 Å². The van der Waals surface area contributed by atoms with Crippen molar-refractivity contribution in [3.05, 3.63) is 45.3 Å². The van der Waals surface area contributed by atoms with Crippen LogP contribution in [-0.4, -0.2) is 31.3 Å². The number of aryl methyl sites for hydroxylation is 1. The Morgan fingerprint density at radius 3 is 2.77 bits per heavy atom. The molecule has 1 aromatic heterocycles. The molecule has 0 unspecified atom stereocenters. The van der Waals surface area contributed by atoms with E-state index in [9.17, 15) is 14.9 Å². The molecule has 158 valence electrons. The fraction of sp³-hybridized carbons (Fsp3) is 0.524. The van der Waals surface area contributed by atoms with Crippen LogP contribution in [0.1, 0.15) is 63.4 Å². The molecule has 9 heteroatoms. The Kier molecular flexibility index (Phi) is 4.84. The number of rotatable bonds is 5. The van der Waals surface area contributed by atoms with Gasteiger partial charge in [-0.15, -0.1) is 5.10 Å². The number of nitrogens with one attached hydrogen (secondary N) is 1. The van der Waals surface area contributed by atoms with E-state index in [4.69, 9.17) is 4.98 Å². The van der Waals surface area contributed by atoms with E-state index in [1.807, 2.05) is 0 Å². The minimum absolute atomic E-state index is 0.0240. The first-order valence-electron chi connectivity index (χ1n) is 10.0. The number of non-ortho nitro benzene ring substituents is 1. The number of nitrogens with zero attached hydrogens (tertiary/aromatic N) is 4. The Balaban J connectivity index is 1.51. The summed E-state index contributed by atoms with van der Waals surface area (Å²) in [6, 6.07) is 4.41. The molecule has 1 fully saturated rings. The standard InChI is InChI=1S/C21H25N5O3S/c1-11-6-7-13(26(28)29)10-15(11)22-18(27)12(2)30-19-23-17-16(24-25-19)14-8-9-21(17,5)20(14,3)4/h6-7,10,12,14H,8-9H2,1-5H3,(H,22,27)/t12-,14+,21-/m0/s1. The minimum atomic E-state index is -0.483. The number of benzene rings is 1. The van der Waals surface area contributed by atoms with Gasteiger partial charge in [-0.05, 0) is 37.7 Å². The van der Waals surface area contributed by atoms with Crippen molar-refractivity contribution in [2.45, 2.75) is 69.2 Å². The van der Waals surface area contributed by atoms with Gasteiger partial charge in [0.2, 0.25) is 11.1 Å². The largest absolute Gasteiger partial charge is 0.325 e. The summed E-state index contributed by atoms with van der Waals surface area (Å²) < 4.78 is 0. The summed E-state index contributed by atoms with van der Waals surface area (Å²) >= 11 is 1.25. The molecule has 1 heterocycles. The molecule has 2 aliphatic rings. The van der Waals surface area contributed by atoms with E-state index in [2.05, 4.69) is 36.3 Å². The van der Waals surface area contributed by atoms with E-state index in [1.54, 1.807) is 19.9 Å². The van der Waals surface area contributed by atoms with Crippen LogP contribution in [0.4, 0.5) is 11.4 Å². The number of nitro groups is 1. The summed E-state index contributed by atoms with van der Waals surface area (Å²) in [5.41, 5.74) is 3.22.